The first kappa shape index (κ1) is 10.3. The van der Waals surface area contributed by atoms with E-state index in [0.29, 0.717) is 12.0 Å². The van der Waals surface area contributed by atoms with Crippen molar-refractivity contribution in [2.24, 2.45) is 0 Å². The quantitative estimate of drug-likeness (QED) is 0.640. The van der Waals surface area contributed by atoms with Crippen LogP contribution in [-0.2, 0) is 12.8 Å². The van der Waals surface area contributed by atoms with E-state index in [1.165, 1.54) is 0 Å². The number of aromatic hydroxyl groups is 1. The average molecular weight is 213 g/mol. The molecule has 4 heteroatoms. The van der Waals surface area contributed by atoms with Crippen molar-refractivity contribution in [2.45, 2.75) is 25.7 Å². The molecule has 0 radical (unpaired) electrons. The number of anilines is 1. The molecule has 0 heterocycles. The van der Waals surface area contributed by atoms with Crippen LogP contribution in [0.2, 0.25) is 0 Å². The number of hydrogen-bond donors (Lipinski definition) is 2. The number of nitriles is 2. The number of hydrogen-bond acceptors (Lipinski definition) is 4. The Hall–Kier alpha value is -2.20. The van der Waals surface area contributed by atoms with Crippen molar-refractivity contribution in [1.29, 1.82) is 10.5 Å². The zero-order chi connectivity index (χ0) is 11.7. The van der Waals surface area contributed by atoms with Crippen LogP contribution in [-0.4, -0.2) is 5.11 Å². The molecule has 4 nitrogen and oxygen atoms in total. The van der Waals surface area contributed by atoms with Crippen LogP contribution in [0.15, 0.2) is 0 Å². The highest BCUT2D eigenvalue weighted by molar-refractivity contribution is 5.74. The van der Waals surface area contributed by atoms with Crippen molar-refractivity contribution >= 4 is 5.69 Å². The minimum absolute atomic E-state index is 0.0336. The maximum atomic E-state index is 9.92. The molecule has 1 aromatic rings. The molecule has 0 spiro atoms. The maximum Gasteiger partial charge on any atom is 0.139 e. The number of phenolic OH excluding ortho intramolecular Hbond substituents is 1. The lowest BCUT2D eigenvalue weighted by atomic mass is 9.85. The van der Waals surface area contributed by atoms with Gasteiger partial charge in [-0.1, -0.05) is 0 Å². The third kappa shape index (κ3) is 1.28. The number of fused-ring (bicyclic) bond motifs is 1. The van der Waals surface area contributed by atoms with Gasteiger partial charge < -0.3 is 10.8 Å². The number of nitrogens with zero attached hydrogens (tertiary/aromatic N) is 2. The molecule has 0 bridgehead atoms. The van der Waals surface area contributed by atoms with Gasteiger partial charge in [0.2, 0.25) is 0 Å². The van der Waals surface area contributed by atoms with Crippen molar-refractivity contribution in [3.8, 4) is 17.9 Å². The second kappa shape index (κ2) is 3.75. The van der Waals surface area contributed by atoms with Gasteiger partial charge in [-0.2, -0.15) is 10.5 Å². The predicted molar refractivity (Wildman–Crippen MR) is 58.6 cm³/mol. The molecule has 0 unspecified atom stereocenters. The lowest BCUT2D eigenvalue weighted by Gasteiger charge is -2.20. The molecule has 0 aliphatic heterocycles. The summed E-state index contributed by atoms with van der Waals surface area (Å²) in [4.78, 5) is 0. The second-order valence-corrected chi connectivity index (χ2v) is 3.90. The van der Waals surface area contributed by atoms with Crippen molar-refractivity contribution in [3.05, 3.63) is 22.3 Å². The molecule has 1 aromatic carbocycles. The summed E-state index contributed by atoms with van der Waals surface area (Å²) < 4.78 is 0. The molecule has 0 amide bonds. The van der Waals surface area contributed by atoms with Crippen molar-refractivity contribution < 1.29 is 5.11 Å². The van der Waals surface area contributed by atoms with Crippen molar-refractivity contribution in [2.75, 3.05) is 5.73 Å². The van der Waals surface area contributed by atoms with Crippen LogP contribution in [0.5, 0.6) is 5.75 Å². The van der Waals surface area contributed by atoms with Crippen molar-refractivity contribution in [1.82, 2.24) is 0 Å². The van der Waals surface area contributed by atoms with Crippen LogP contribution in [0.3, 0.4) is 0 Å². The van der Waals surface area contributed by atoms with E-state index < -0.39 is 0 Å². The number of benzene rings is 1. The summed E-state index contributed by atoms with van der Waals surface area (Å²) in [5, 5.41) is 27.9. The van der Waals surface area contributed by atoms with Gasteiger partial charge >= 0.3 is 0 Å². The van der Waals surface area contributed by atoms with Gasteiger partial charge in [-0.05, 0) is 36.8 Å². The molecule has 2 rings (SSSR count). The predicted octanol–water partition coefficient (Wildman–Crippen LogP) is 1.60. The van der Waals surface area contributed by atoms with Crippen LogP contribution in [0.4, 0.5) is 5.69 Å². The summed E-state index contributed by atoms with van der Waals surface area (Å²) in [6, 6.07) is 3.90. The molecule has 0 saturated heterocycles. The first-order valence-corrected chi connectivity index (χ1v) is 5.17. The summed E-state index contributed by atoms with van der Waals surface area (Å²) >= 11 is 0. The van der Waals surface area contributed by atoms with Gasteiger partial charge in [0.25, 0.3) is 0 Å². The number of phenols is 1. The number of nitrogens with two attached hydrogens (primary N) is 1. The Morgan fingerprint density at radius 1 is 1.00 bits per heavy atom. The molecule has 16 heavy (non-hydrogen) atoms. The van der Waals surface area contributed by atoms with Gasteiger partial charge in [0.1, 0.15) is 23.5 Å². The summed E-state index contributed by atoms with van der Waals surface area (Å²) in [6.07, 6.45) is 3.43. The standard InChI is InChI=1S/C12H11N3O/c13-5-9-7-3-1-2-4-8(7)12(16)10(6-14)11(9)15/h16H,1-4,15H2. The van der Waals surface area contributed by atoms with Crippen LogP contribution < -0.4 is 5.73 Å². The molecule has 1 aliphatic carbocycles. The normalized spacial score (nSPS) is 13.6. The zero-order valence-corrected chi connectivity index (χ0v) is 8.75. The minimum atomic E-state index is -0.0336. The lowest BCUT2D eigenvalue weighted by Crippen LogP contribution is -2.10. The maximum absolute atomic E-state index is 9.92. The van der Waals surface area contributed by atoms with Gasteiger partial charge in [-0.25, -0.2) is 0 Å². The van der Waals surface area contributed by atoms with E-state index in [9.17, 15) is 5.11 Å². The van der Waals surface area contributed by atoms with E-state index in [2.05, 4.69) is 0 Å². The Kier molecular flexibility index (Phi) is 2.42. The fraction of sp³-hybridized carbons (Fsp3) is 0.333. The lowest BCUT2D eigenvalue weighted by molar-refractivity contribution is 0.460. The molecule has 0 fully saturated rings. The third-order valence-corrected chi connectivity index (χ3v) is 3.05. The van der Waals surface area contributed by atoms with Crippen LogP contribution >= 0.6 is 0 Å². The first-order chi connectivity index (χ1) is 7.70. The molecule has 80 valence electrons. The number of rotatable bonds is 0. The Balaban J connectivity index is 2.83. The highest BCUT2D eigenvalue weighted by Gasteiger charge is 2.23. The Morgan fingerprint density at radius 2 is 1.56 bits per heavy atom. The SMILES string of the molecule is N#Cc1c(N)c(C#N)c2c(c1O)CCCC2. The second-order valence-electron chi connectivity index (χ2n) is 3.90. The van der Waals surface area contributed by atoms with Crippen LogP contribution in [0, 0.1) is 22.7 Å². The fourth-order valence-electron chi connectivity index (χ4n) is 2.25. The molecule has 0 saturated carbocycles. The molecule has 1 aliphatic rings. The summed E-state index contributed by atoms with van der Waals surface area (Å²) in [6.45, 7) is 0. The van der Waals surface area contributed by atoms with Gasteiger partial charge in [0.15, 0.2) is 0 Å². The zero-order valence-electron chi connectivity index (χ0n) is 8.75. The van der Waals surface area contributed by atoms with E-state index in [-0.39, 0.29) is 17.0 Å². The third-order valence-electron chi connectivity index (χ3n) is 3.05. The molecule has 0 atom stereocenters. The largest absolute Gasteiger partial charge is 0.506 e. The monoisotopic (exact) mass is 213 g/mol. The van der Waals surface area contributed by atoms with Gasteiger partial charge in [-0.15, -0.1) is 0 Å². The van der Waals surface area contributed by atoms with E-state index in [4.69, 9.17) is 16.3 Å². The number of nitrogen functional groups attached to an aromatic ring is 1. The molecular formula is C12H11N3O. The van der Waals surface area contributed by atoms with Crippen LogP contribution in [0.1, 0.15) is 35.1 Å². The fourth-order valence-corrected chi connectivity index (χ4v) is 2.25. The first-order valence-electron chi connectivity index (χ1n) is 5.17. The van der Waals surface area contributed by atoms with Crippen LogP contribution in [0.25, 0.3) is 0 Å². The summed E-state index contributed by atoms with van der Waals surface area (Å²) in [5.41, 5.74) is 7.79. The average Bonchev–Trinajstić information content (AvgIpc) is 2.30. The van der Waals surface area contributed by atoms with E-state index in [0.717, 1.165) is 30.4 Å². The highest BCUT2D eigenvalue weighted by atomic mass is 16.3. The Morgan fingerprint density at radius 3 is 2.12 bits per heavy atom. The summed E-state index contributed by atoms with van der Waals surface area (Å²) in [5.74, 6) is -0.0336. The minimum Gasteiger partial charge on any atom is -0.506 e. The van der Waals surface area contributed by atoms with Gasteiger partial charge in [-0.3, -0.25) is 0 Å². The van der Waals surface area contributed by atoms with Gasteiger partial charge in [0, 0.05) is 0 Å². The van der Waals surface area contributed by atoms with Gasteiger partial charge in [0.05, 0.1) is 11.3 Å². The Labute approximate surface area is 93.5 Å². The van der Waals surface area contributed by atoms with E-state index in [1.807, 2.05) is 12.1 Å². The van der Waals surface area contributed by atoms with Crippen molar-refractivity contribution in [3.63, 3.8) is 0 Å². The van der Waals surface area contributed by atoms with E-state index in [1.54, 1.807) is 0 Å². The molecular weight excluding hydrogens is 202 g/mol. The molecule has 0 aromatic heterocycles. The Bertz CT molecular complexity index is 535. The highest BCUT2D eigenvalue weighted by Crippen LogP contribution is 2.38. The smallest absolute Gasteiger partial charge is 0.139 e. The topological polar surface area (TPSA) is 93.8 Å². The van der Waals surface area contributed by atoms with E-state index >= 15 is 0 Å². The molecule has 3 N–H and O–H groups in total. The summed E-state index contributed by atoms with van der Waals surface area (Å²) in [7, 11) is 0.